The van der Waals surface area contributed by atoms with Gasteiger partial charge in [-0.2, -0.15) is 0 Å². The number of hydrogen-bond acceptors (Lipinski definition) is 4. The van der Waals surface area contributed by atoms with Gasteiger partial charge in [0.15, 0.2) is 0 Å². The van der Waals surface area contributed by atoms with Crippen LogP contribution < -0.4 is 0 Å². The Balaban J connectivity index is 1.65. The molecule has 1 aliphatic heterocycles. The number of rotatable bonds is 4. The minimum Gasteiger partial charge on any atom is -0.388 e. The summed E-state index contributed by atoms with van der Waals surface area (Å²) in [5.41, 5.74) is 1.95. The van der Waals surface area contributed by atoms with Gasteiger partial charge in [0.25, 0.3) is 0 Å². The number of ether oxygens (including phenoxy) is 1. The van der Waals surface area contributed by atoms with E-state index in [-0.39, 0.29) is 0 Å². The highest BCUT2D eigenvalue weighted by atomic mass is 32.1. The standard InChI is InChI=1S/C16H19NO2S/c18-15(12-4-2-1-3-5-12)10-14-11-20-16(17-14)13-6-8-19-9-7-13/h1-5,11,13,15,18H,6-10H2. The third kappa shape index (κ3) is 3.26. The van der Waals surface area contributed by atoms with Crippen LogP contribution in [0.3, 0.4) is 0 Å². The first kappa shape index (κ1) is 13.7. The molecule has 2 aromatic rings. The van der Waals surface area contributed by atoms with E-state index in [2.05, 4.69) is 5.38 Å². The van der Waals surface area contributed by atoms with Gasteiger partial charge in [-0.25, -0.2) is 4.98 Å². The number of thiazole rings is 1. The summed E-state index contributed by atoms with van der Waals surface area (Å²) in [5, 5.41) is 13.5. The van der Waals surface area contributed by atoms with Crippen LogP contribution in [0.5, 0.6) is 0 Å². The largest absolute Gasteiger partial charge is 0.388 e. The Labute approximate surface area is 123 Å². The Morgan fingerprint density at radius 3 is 2.75 bits per heavy atom. The van der Waals surface area contributed by atoms with E-state index < -0.39 is 6.10 Å². The molecule has 0 aliphatic carbocycles. The van der Waals surface area contributed by atoms with Crippen molar-refractivity contribution in [1.82, 2.24) is 4.98 Å². The van der Waals surface area contributed by atoms with E-state index in [1.807, 2.05) is 30.3 Å². The first-order valence-corrected chi connectivity index (χ1v) is 7.96. The fourth-order valence-corrected chi connectivity index (χ4v) is 3.54. The lowest BCUT2D eigenvalue weighted by molar-refractivity contribution is 0.0852. The fraction of sp³-hybridized carbons (Fsp3) is 0.438. The summed E-state index contributed by atoms with van der Waals surface area (Å²) in [4.78, 5) is 4.70. The Morgan fingerprint density at radius 2 is 2.00 bits per heavy atom. The van der Waals surface area contributed by atoms with Crippen molar-refractivity contribution >= 4 is 11.3 Å². The molecule has 1 N–H and O–H groups in total. The van der Waals surface area contributed by atoms with Gasteiger partial charge in [0.1, 0.15) is 0 Å². The van der Waals surface area contributed by atoms with Crippen molar-refractivity contribution in [3.63, 3.8) is 0 Å². The SMILES string of the molecule is OC(Cc1csc(C2CCOCC2)n1)c1ccccc1. The van der Waals surface area contributed by atoms with E-state index in [1.54, 1.807) is 11.3 Å². The molecular formula is C16H19NO2S. The van der Waals surface area contributed by atoms with Crippen LogP contribution in [0.4, 0.5) is 0 Å². The Bertz CT molecular complexity index is 534. The molecule has 0 saturated carbocycles. The molecular weight excluding hydrogens is 270 g/mol. The smallest absolute Gasteiger partial charge is 0.0960 e. The number of nitrogens with zero attached hydrogens (tertiary/aromatic N) is 1. The van der Waals surface area contributed by atoms with Gasteiger partial charge in [-0.1, -0.05) is 30.3 Å². The van der Waals surface area contributed by atoms with Gasteiger partial charge in [0.05, 0.1) is 16.8 Å². The highest BCUT2D eigenvalue weighted by Gasteiger charge is 2.20. The van der Waals surface area contributed by atoms with Crippen LogP contribution in [0, 0.1) is 0 Å². The summed E-state index contributed by atoms with van der Waals surface area (Å²) in [6.07, 6.45) is 2.24. The van der Waals surface area contributed by atoms with Crippen LogP contribution >= 0.6 is 11.3 Å². The Kier molecular flexibility index (Phi) is 4.45. The highest BCUT2D eigenvalue weighted by Crippen LogP contribution is 2.30. The fourth-order valence-electron chi connectivity index (χ4n) is 2.54. The third-order valence-corrected chi connectivity index (χ3v) is 4.78. The van der Waals surface area contributed by atoms with Crippen molar-refractivity contribution in [1.29, 1.82) is 0 Å². The van der Waals surface area contributed by atoms with Crippen LogP contribution in [-0.4, -0.2) is 23.3 Å². The summed E-state index contributed by atoms with van der Waals surface area (Å²) in [6, 6.07) is 9.77. The van der Waals surface area contributed by atoms with Crippen LogP contribution in [0.2, 0.25) is 0 Å². The average Bonchev–Trinajstić information content (AvgIpc) is 2.97. The molecule has 20 heavy (non-hydrogen) atoms. The first-order chi connectivity index (χ1) is 9.83. The normalized spacial score (nSPS) is 18.1. The summed E-state index contributed by atoms with van der Waals surface area (Å²) < 4.78 is 5.39. The Morgan fingerprint density at radius 1 is 1.25 bits per heavy atom. The quantitative estimate of drug-likeness (QED) is 0.939. The molecule has 1 aromatic carbocycles. The lowest BCUT2D eigenvalue weighted by Gasteiger charge is -2.19. The number of aliphatic hydroxyl groups is 1. The zero-order valence-electron chi connectivity index (χ0n) is 11.4. The average molecular weight is 289 g/mol. The van der Waals surface area contributed by atoms with E-state index in [9.17, 15) is 5.11 Å². The van der Waals surface area contributed by atoms with E-state index >= 15 is 0 Å². The van der Waals surface area contributed by atoms with Gasteiger partial charge in [-0.15, -0.1) is 11.3 Å². The molecule has 1 saturated heterocycles. The van der Waals surface area contributed by atoms with E-state index in [0.29, 0.717) is 12.3 Å². The van der Waals surface area contributed by atoms with Crippen molar-refractivity contribution in [3.05, 3.63) is 52.0 Å². The minimum atomic E-state index is -0.471. The molecule has 106 valence electrons. The second-order valence-electron chi connectivity index (χ2n) is 5.19. The topological polar surface area (TPSA) is 42.4 Å². The number of hydrogen-bond donors (Lipinski definition) is 1. The number of aromatic nitrogens is 1. The molecule has 0 spiro atoms. The van der Waals surface area contributed by atoms with Crippen LogP contribution in [-0.2, 0) is 11.2 Å². The molecule has 3 rings (SSSR count). The molecule has 1 atom stereocenters. The maximum absolute atomic E-state index is 10.2. The zero-order chi connectivity index (χ0) is 13.8. The van der Waals surface area contributed by atoms with Crippen molar-refractivity contribution in [2.24, 2.45) is 0 Å². The van der Waals surface area contributed by atoms with Crippen LogP contribution in [0.15, 0.2) is 35.7 Å². The molecule has 4 heteroatoms. The molecule has 1 aromatic heterocycles. The summed E-state index contributed by atoms with van der Waals surface area (Å²) in [6.45, 7) is 1.68. The molecule has 3 nitrogen and oxygen atoms in total. The van der Waals surface area contributed by atoms with E-state index in [0.717, 1.165) is 37.3 Å². The molecule has 1 aliphatic rings. The van der Waals surface area contributed by atoms with Crippen molar-refractivity contribution < 1.29 is 9.84 Å². The second-order valence-corrected chi connectivity index (χ2v) is 6.08. The van der Waals surface area contributed by atoms with Crippen molar-refractivity contribution in [2.75, 3.05) is 13.2 Å². The number of benzene rings is 1. The van der Waals surface area contributed by atoms with Gasteiger partial charge in [-0.3, -0.25) is 0 Å². The predicted molar refractivity (Wildman–Crippen MR) is 80.0 cm³/mol. The van der Waals surface area contributed by atoms with Gasteiger partial charge in [-0.05, 0) is 18.4 Å². The first-order valence-electron chi connectivity index (χ1n) is 7.08. The predicted octanol–water partition coefficient (Wildman–Crippen LogP) is 3.31. The van der Waals surface area contributed by atoms with E-state index in [1.165, 1.54) is 5.01 Å². The minimum absolute atomic E-state index is 0.471. The second kappa shape index (κ2) is 6.48. The summed E-state index contributed by atoms with van der Waals surface area (Å²) >= 11 is 1.72. The highest BCUT2D eigenvalue weighted by molar-refractivity contribution is 7.09. The van der Waals surface area contributed by atoms with Crippen molar-refractivity contribution in [3.8, 4) is 0 Å². The number of aliphatic hydroxyl groups excluding tert-OH is 1. The lowest BCUT2D eigenvalue weighted by Crippen LogP contribution is -2.14. The Hall–Kier alpha value is -1.23. The zero-order valence-corrected chi connectivity index (χ0v) is 12.2. The van der Waals surface area contributed by atoms with E-state index in [4.69, 9.17) is 9.72 Å². The molecule has 0 bridgehead atoms. The summed E-state index contributed by atoms with van der Waals surface area (Å²) in [5.74, 6) is 0.538. The molecule has 2 heterocycles. The van der Waals surface area contributed by atoms with Crippen LogP contribution in [0.1, 0.15) is 41.1 Å². The molecule has 1 fully saturated rings. The maximum atomic E-state index is 10.2. The van der Waals surface area contributed by atoms with Gasteiger partial charge in [0.2, 0.25) is 0 Å². The molecule has 1 unspecified atom stereocenters. The molecule has 0 radical (unpaired) electrons. The van der Waals surface area contributed by atoms with Gasteiger partial charge >= 0.3 is 0 Å². The third-order valence-electron chi connectivity index (χ3n) is 3.73. The van der Waals surface area contributed by atoms with Crippen LogP contribution in [0.25, 0.3) is 0 Å². The lowest BCUT2D eigenvalue weighted by atomic mass is 10.0. The molecule has 0 amide bonds. The van der Waals surface area contributed by atoms with Crippen molar-refractivity contribution in [2.45, 2.75) is 31.3 Å². The van der Waals surface area contributed by atoms with Gasteiger partial charge in [0, 0.05) is 30.9 Å². The maximum Gasteiger partial charge on any atom is 0.0960 e. The van der Waals surface area contributed by atoms with Gasteiger partial charge < -0.3 is 9.84 Å². The summed E-state index contributed by atoms with van der Waals surface area (Å²) in [7, 11) is 0. The monoisotopic (exact) mass is 289 g/mol.